The van der Waals surface area contributed by atoms with E-state index in [4.69, 9.17) is 23.2 Å². The third-order valence-corrected chi connectivity index (χ3v) is 3.15. The number of halogens is 2. The normalized spacial score (nSPS) is 10.9. The van der Waals surface area contributed by atoms with E-state index in [9.17, 15) is 4.79 Å². The van der Waals surface area contributed by atoms with Crippen molar-refractivity contribution < 1.29 is 4.79 Å². The van der Waals surface area contributed by atoms with Crippen molar-refractivity contribution >= 4 is 35.2 Å². The van der Waals surface area contributed by atoms with E-state index in [0.29, 0.717) is 10.0 Å². The lowest BCUT2D eigenvalue weighted by Gasteiger charge is -2.13. The molecule has 1 amide bonds. The molecule has 0 spiro atoms. The summed E-state index contributed by atoms with van der Waals surface area (Å²) < 4.78 is 0. The Morgan fingerprint density at radius 3 is 2.72 bits per heavy atom. The Morgan fingerprint density at radius 2 is 2.11 bits per heavy atom. The number of hydrogen-bond donors (Lipinski definition) is 0. The molecular weight excluding hydrogens is 269 g/mol. The van der Waals surface area contributed by atoms with Gasteiger partial charge >= 0.3 is 0 Å². The van der Waals surface area contributed by atoms with E-state index >= 15 is 0 Å². The van der Waals surface area contributed by atoms with Crippen molar-refractivity contribution in [2.75, 3.05) is 13.6 Å². The topological polar surface area (TPSA) is 20.3 Å². The highest BCUT2D eigenvalue weighted by molar-refractivity contribution is 6.35. The molecule has 0 radical (unpaired) electrons. The fourth-order valence-corrected chi connectivity index (χ4v) is 1.90. The van der Waals surface area contributed by atoms with Crippen LogP contribution in [0.1, 0.15) is 25.3 Å². The van der Waals surface area contributed by atoms with Gasteiger partial charge in [0, 0.05) is 29.7 Å². The summed E-state index contributed by atoms with van der Waals surface area (Å²) in [6.07, 6.45) is 5.33. The number of amides is 1. The zero-order valence-corrected chi connectivity index (χ0v) is 12.1. The van der Waals surface area contributed by atoms with Crippen molar-refractivity contribution in [3.63, 3.8) is 0 Å². The number of likely N-dealkylation sites (N-methyl/N-ethyl adjacent to an activating group) is 1. The molecule has 1 aromatic carbocycles. The lowest BCUT2D eigenvalue weighted by atomic mass is 10.2. The first-order valence-electron chi connectivity index (χ1n) is 5.92. The number of carbonyl (C=O) groups is 1. The molecule has 0 unspecified atom stereocenters. The Kier molecular flexibility index (Phi) is 6.23. The van der Waals surface area contributed by atoms with Crippen LogP contribution in [0.5, 0.6) is 0 Å². The third-order valence-electron chi connectivity index (χ3n) is 2.59. The Bertz CT molecular complexity index is 443. The summed E-state index contributed by atoms with van der Waals surface area (Å²) >= 11 is 11.8. The van der Waals surface area contributed by atoms with E-state index in [1.54, 1.807) is 36.2 Å². The van der Waals surface area contributed by atoms with Crippen LogP contribution in [0.3, 0.4) is 0 Å². The summed E-state index contributed by atoms with van der Waals surface area (Å²) in [7, 11) is 1.80. The monoisotopic (exact) mass is 285 g/mol. The Balaban J connectivity index is 2.65. The zero-order valence-electron chi connectivity index (χ0n) is 10.6. The largest absolute Gasteiger partial charge is 0.342 e. The maximum Gasteiger partial charge on any atom is 0.246 e. The molecule has 1 aromatic rings. The number of rotatable bonds is 5. The second-order valence-corrected chi connectivity index (χ2v) is 4.96. The minimum absolute atomic E-state index is 0.0190. The minimum Gasteiger partial charge on any atom is -0.342 e. The molecule has 2 nitrogen and oxygen atoms in total. The van der Waals surface area contributed by atoms with Gasteiger partial charge in [-0.25, -0.2) is 0 Å². The molecule has 0 saturated heterocycles. The molecule has 0 bridgehead atoms. The predicted octanol–water partition coefficient (Wildman–Crippen LogP) is 4.27. The third kappa shape index (κ3) is 4.71. The van der Waals surface area contributed by atoms with Gasteiger partial charge in [0.2, 0.25) is 5.91 Å². The van der Waals surface area contributed by atoms with E-state index in [1.165, 1.54) is 6.08 Å². The van der Waals surface area contributed by atoms with Crippen molar-refractivity contribution in [3.05, 3.63) is 39.9 Å². The van der Waals surface area contributed by atoms with Crippen LogP contribution in [0.25, 0.3) is 6.08 Å². The van der Waals surface area contributed by atoms with E-state index in [1.807, 2.05) is 0 Å². The molecule has 0 aliphatic heterocycles. The summed E-state index contributed by atoms with van der Waals surface area (Å²) in [6.45, 7) is 2.87. The summed E-state index contributed by atoms with van der Waals surface area (Å²) in [5.74, 6) is -0.0190. The van der Waals surface area contributed by atoms with Gasteiger partial charge in [-0.3, -0.25) is 4.79 Å². The number of unbranched alkanes of at least 4 members (excludes halogenated alkanes) is 1. The van der Waals surface area contributed by atoms with E-state index in [2.05, 4.69) is 6.92 Å². The molecule has 0 aliphatic rings. The van der Waals surface area contributed by atoms with Gasteiger partial charge < -0.3 is 4.90 Å². The molecule has 0 aliphatic carbocycles. The minimum atomic E-state index is -0.0190. The average Bonchev–Trinajstić information content (AvgIpc) is 2.34. The molecule has 0 N–H and O–H groups in total. The van der Waals surface area contributed by atoms with Crippen LogP contribution >= 0.6 is 23.2 Å². The van der Waals surface area contributed by atoms with Gasteiger partial charge in [-0.2, -0.15) is 0 Å². The van der Waals surface area contributed by atoms with Crippen molar-refractivity contribution in [1.82, 2.24) is 4.90 Å². The first-order chi connectivity index (χ1) is 8.54. The lowest BCUT2D eigenvalue weighted by molar-refractivity contribution is -0.124. The second kappa shape index (κ2) is 7.45. The number of hydrogen-bond acceptors (Lipinski definition) is 1. The maximum absolute atomic E-state index is 11.8. The SMILES string of the molecule is CCCCN(C)C(=O)/C=C/c1ccc(Cl)cc1Cl. The van der Waals surface area contributed by atoms with E-state index < -0.39 is 0 Å². The summed E-state index contributed by atoms with van der Waals surface area (Å²) in [5, 5.41) is 1.13. The van der Waals surface area contributed by atoms with Crippen LogP contribution in [0, 0.1) is 0 Å². The highest BCUT2D eigenvalue weighted by atomic mass is 35.5. The van der Waals surface area contributed by atoms with Gasteiger partial charge in [-0.05, 0) is 30.2 Å². The fourth-order valence-electron chi connectivity index (χ4n) is 1.43. The van der Waals surface area contributed by atoms with Crippen LogP contribution in [0.2, 0.25) is 10.0 Å². The summed E-state index contributed by atoms with van der Waals surface area (Å²) in [6, 6.07) is 5.20. The molecule has 0 fully saturated rings. The van der Waals surface area contributed by atoms with Gasteiger partial charge in [-0.15, -0.1) is 0 Å². The maximum atomic E-state index is 11.8. The van der Waals surface area contributed by atoms with Gasteiger partial charge in [-0.1, -0.05) is 42.6 Å². The Labute approximate surface area is 118 Å². The van der Waals surface area contributed by atoms with Gasteiger partial charge in [0.05, 0.1) is 0 Å². The van der Waals surface area contributed by atoms with Crippen LogP contribution in [-0.4, -0.2) is 24.4 Å². The van der Waals surface area contributed by atoms with Crippen LogP contribution < -0.4 is 0 Å². The molecule has 1 rings (SSSR count). The first kappa shape index (κ1) is 15.1. The number of benzene rings is 1. The zero-order chi connectivity index (χ0) is 13.5. The van der Waals surface area contributed by atoms with Crippen molar-refractivity contribution in [2.45, 2.75) is 19.8 Å². The molecule has 0 atom stereocenters. The van der Waals surface area contributed by atoms with Gasteiger partial charge in [0.25, 0.3) is 0 Å². The molecule has 18 heavy (non-hydrogen) atoms. The standard InChI is InChI=1S/C14H17Cl2NO/c1-3-4-9-17(2)14(18)8-6-11-5-7-12(15)10-13(11)16/h5-8,10H,3-4,9H2,1-2H3/b8-6+. The average molecular weight is 286 g/mol. The highest BCUT2D eigenvalue weighted by Gasteiger charge is 2.04. The van der Waals surface area contributed by atoms with Gasteiger partial charge in [0.15, 0.2) is 0 Å². The van der Waals surface area contributed by atoms with E-state index in [0.717, 1.165) is 24.9 Å². The van der Waals surface area contributed by atoms with Crippen molar-refractivity contribution in [3.8, 4) is 0 Å². The Morgan fingerprint density at radius 1 is 1.39 bits per heavy atom. The molecule has 4 heteroatoms. The molecule has 98 valence electrons. The molecule has 0 heterocycles. The summed E-state index contributed by atoms with van der Waals surface area (Å²) in [5.41, 5.74) is 0.790. The second-order valence-electron chi connectivity index (χ2n) is 4.11. The van der Waals surface area contributed by atoms with Crippen LogP contribution in [0.15, 0.2) is 24.3 Å². The number of carbonyl (C=O) groups excluding carboxylic acids is 1. The summed E-state index contributed by atoms with van der Waals surface area (Å²) in [4.78, 5) is 13.5. The van der Waals surface area contributed by atoms with Crippen molar-refractivity contribution in [1.29, 1.82) is 0 Å². The Hall–Kier alpha value is -0.990. The van der Waals surface area contributed by atoms with Crippen LogP contribution in [0.4, 0.5) is 0 Å². The van der Waals surface area contributed by atoms with Crippen LogP contribution in [-0.2, 0) is 4.79 Å². The van der Waals surface area contributed by atoms with Gasteiger partial charge in [0.1, 0.15) is 0 Å². The lowest BCUT2D eigenvalue weighted by Crippen LogP contribution is -2.25. The highest BCUT2D eigenvalue weighted by Crippen LogP contribution is 2.21. The first-order valence-corrected chi connectivity index (χ1v) is 6.68. The smallest absolute Gasteiger partial charge is 0.246 e. The quantitative estimate of drug-likeness (QED) is 0.740. The predicted molar refractivity (Wildman–Crippen MR) is 78.0 cm³/mol. The molecule has 0 saturated carbocycles. The number of nitrogens with zero attached hydrogens (tertiary/aromatic N) is 1. The molecular formula is C14H17Cl2NO. The van der Waals surface area contributed by atoms with E-state index in [-0.39, 0.29) is 5.91 Å². The molecule has 0 aromatic heterocycles. The fraction of sp³-hybridized carbons (Fsp3) is 0.357. The van der Waals surface area contributed by atoms with Crippen molar-refractivity contribution in [2.24, 2.45) is 0 Å².